The predicted molar refractivity (Wildman–Crippen MR) is 116 cm³/mol. The minimum atomic E-state index is -0.350. The van der Waals surface area contributed by atoms with Gasteiger partial charge in [-0.3, -0.25) is 9.78 Å². The van der Waals surface area contributed by atoms with Crippen molar-refractivity contribution >= 4 is 44.9 Å². The molecule has 0 aliphatic rings. The number of nitrogens with zero attached hydrogens (tertiary/aromatic N) is 2. The van der Waals surface area contributed by atoms with Crippen LogP contribution in [0, 0.1) is 0 Å². The fourth-order valence-corrected chi connectivity index (χ4v) is 3.41. The summed E-state index contributed by atoms with van der Waals surface area (Å²) in [6, 6.07) is 15.3. The van der Waals surface area contributed by atoms with Crippen LogP contribution in [0.25, 0.3) is 10.2 Å². The zero-order valence-corrected chi connectivity index (χ0v) is 16.7. The van der Waals surface area contributed by atoms with E-state index < -0.39 is 0 Å². The molecule has 0 aliphatic carbocycles. The molecular weight excluding hydrogens is 402 g/mol. The molecule has 3 N–H and O–H groups in total. The summed E-state index contributed by atoms with van der Waals surface area (Å²) in [5, 5.41) is 8.09. The van der Waals surface area contributed by atoms with Crippen LogP contribution in [0.15, 0.2) is 66.3 Å². The van der Waals surface area contributed by atoms with E-state index in [0.29, 0.717) is 22.9 Å². The standard InChI is InChI=1S/C21H17N5O3S/c1-22-20(27)18-11-16(8-9-23-18)29-15-5-2-13(3-6-15)25-21(28)26-14-4-7-17-19(10-14)30-12-24-17/h2-12H,1H3,(H,22,27)(H2,25,26,28). The second-order valence-corrected chi connectivity index (χ2v) is 7.08. The van der Waals surface area contributed by atoms with Crippen molar-refractivity contribution in [2.75, 3.05) is 17.7 Å². The number of benzene rings is 2. The molecule has 150 valence electrons. The number of thiazole rings is 1. The summed E-state index contributed by atoms with van der Waals surface area (Å²) in [6.07, 6.45) is 1.50. The van der Waals surface area contributed by atoms with E-state index in [1.54, 1.807) is 48.0 Å². The number of nitrogens with one attached hydrogen (secondary N) is 3. The number of fused-ring (bicyclic) bond motifs is 1. The van der Waals surface area contributed by atoms with Crippen LogP contribution in [0.4, 0.5) is 16.2 Å². The molecule has 0 unspecified atom stereocenters. The molecule has 0 saturated heterocycles. The summed E-state index contributed by atoms with van der Waals surface area (Å²) >= 11 is 1.52. The highest BCUT2D eigenvalue weighted by Crippen LogP contribution is 2.24. The summed E-state index contributed by atoms with van der Waals surface area (Å²) in [4.78, 5) is 32.1. The van der Waals surface area contributed by atoms with Gasteiger partial charge in [0.2, 0.25) is 0 Å². The highest BCUT2D eigenvalue weighted by atomic mass is 32.1. The fourth-order valence-electron chi connectivity index (χ4n) is 2.70. The molecule has 2 aromatic heterocycles. The van der Waals surface area contributed by atoms with E-state index in [-0.39, 0.29) is 17.6 Å². The van der Waals surface area contributed by atoms with Crippen LogP contribution >= 0.6 is 11.3 Å². The molecule has 2 heterocycles. The van der Waals surface area contributed by atoms with Crippen LogP contribution < -0.4 is 20.7 Å². The van der Waals surface area contributed by atoms with E-state index in [2.05, 4.69) is 25.9 Å². The summed E-state index contributed by atoms with van der Waals surface area (Å²) in [7, 11) is 1.54. The molecule has 3 amide bonds. The van der Waals surface area contributed by atoms with Gasteiger partial charge in [-0.25, -0.2) is 9.78 Å². The van der Waals surface area contributed by atoms with Crippen molar-refractivity contribution in [1.29, 1.82) is 0 Å². The number of aromatic nitrogens is 2. The lowest BCUT2D eigenvalue weighted by molar-refractivity contribution is 0.0958. The van der Waals surface area contributed by atoms with Crippen molar-refractivity contribution in [2.24, 2.45) is 0 Å². The van der Waals surface area contributed by atoms with Gasteiger partial charge in [0.25, 0.3) is 5.91 Å². The average molecular weight is 419 g/mol. The first-order valence-electron chi connectivity index (χ1n) is 8.98. The van der Waals surface area contributed by atoms with E-state index in [4.69, 9.17) is 4.74 Å². The first kappa shape index (κ1) is 19.3. The van der Waals surface area contributed by atoms with Crippen molar-refractivity contribution < 1.29 is 14.3 Å². The molecule has 2 aromatic carbocycles. The van der Waals surface area contributed by atoms with Gasteiger partial charge in [-0.15, -0.1) is 11.3 Å². The number of carbonyl (C=O) groups is 2. The minimum absolute atomic E-state index is 0.265. The van der Waals surface area contributed by atoms with Gasteiger partial charge in [0.05, 0.1) is 15.7 Å². The monoisotopic (exact) mass is 419 g/mol. The third-order valence-corrected chi connectivity index (χ3v) is 4.92. The number of anilines is 2. The van der Waals surface area contributed by atoms with Gasteiger partial charge in [0, 0.05) is 30.7 Å². The lowest BCUT2D eigenvalue weighted by Gasteiger charge is -2.10. The fraction of sp³-hybridized carbons (Fsp3) is 0.0476. The van der Waals surface area contributed by atoms with Gasteiger partial charge in [-0.1, -0.05) is 0 Å². The Labute approximate surface area is 175 Å². The van der Waals surface area contributed by atoms with Crippen molar-refractivity contribution in [3.63, 3.8) is 0 Å². The number of hydrogen-bond acceptors (Lipinski definition) is 6. The number of ether oxygens (including phenoxy) is 1. The summed E-state index contributed by atoms with van der Waals surface area (Å²) in [5.41, 5.74) is 4.23. The Morgan fingerprint density at radius 3 is 2.47 bits per heavy atom. The van der Waals surface area contributed by atoms with Crippen LogP contribution in [0.2, 0.25) is 0 Å². The van der Waals surface area contributed by atoms with E-state index >= 15 is 0 Å². The number of amides is 3. The van der Waals surface area contributed by atoms with E-state index in [1.165, 1.54) is 24.6 Å². The Bertz CT molecular complexity index is 1210. The topological polar surface area (TPSA) is 105 Å². The second kappa shape index (κ2) is 8.58. The van der Waals surface area contributed by atoms with E-state index in [0.717, 1.165) is 10.2 Å². The zero-order chi connectivity index (χ0) is 20.9. The first-order valence-corrected chi connectivity index (χ1v) is 9.86. The van der Waals surface area contributed by atoms with Gasteiger partial charge in [-0.2, -0.15) is 0 Å². The number of carbonyl (C=O) groups excluding carboxylic acids is 2. The summed E-state index contributed by atoms with van der Waals surface area (Å²) in [6.45, 7) is 0. The Hall–Kier alpha value is -3.98. The Morgan fingerprint density at radius 1 is 0.900 bits per heavy atom. The van der Waals surface area contributed by atoms with Gasteiger partial charge < -0.3 is 20.7 Å². The van der Waals surface area contributed by atoms with Crippen LogP contribution in [0.5, 0.6) is 11.5 Å². The van der Waals surface area contributed by atoms with Gasteiger partial charge in [0.15, 0.2) is 0 Å². The van der Waals surface area contributed by atoms with Crippen LogP contribution in [0.3, 0.4) is 0 Å². The van der Waals surface area contributed by atoms with Crippen molar-refractivity contribution in [1.82, 2.24) is 15.3 Å². The van der Waals surface area contributed by atoms with E-state index in [9.17, 15) is 9.59 Å². The van der Waals surface area contributed by atoms with Gasteiger partial charge >= 0.3 is 6.03 Å². The number of rotatable bonds is 5. The predicted octanol–water partition coefficient (Wildman–Crippen LogP) is 4.49. The quantitative estimate of drug-likeness (QED) is 0.442. The maximum absolute atomic E-state index is 12.3. The maximum Gasteiger partial charge on any atom is 0.323 e. The van der Waals surface area contributed by atoms with Crippen LogP contribution in [-0.4, -0.2) is 29.0 Å². The SMILES string of the molecule is CNC(=O)c1cc(Oc2ccc(NC(=O)Nc3ccc4ncsc4c3)cc2)ccn1. The van der Waals surface area contributed by atoms with E-state index in [1.807, 2.05) is 12.1 Å². The maximum atomic E-state index is 12.3. The lowest BCUT2D eigenvalue weighted by Crippen LogP contribution is -2.19. The Kier molecular flexibility index (Phi) is 5.53. The smallest absolute Gasteiger partial charge is 0.323 e. The van der Waals surface area contributed by atoms with Gasteiger partial charge in [0.1, 0.15) is 17.2 Å². The lowest BCUT2D eigenvalue weighted by atomic mass is 10.3. The molecule has 30 heavy (non-hydrogen) atoms. The zero-order valence-electron chi connectivity index (χ0n) is 15.9. The largest absolute Gasteiger partial charge is 0.457 e. The second-order valence-electron chi connectivity index (χ2n) is 6.20. The highest BCUT2D eigenvalue weighted by Gasteiger charge is 2.08. The number of hydrogen-bond donors (Lipinski definition) is 3. The molecule has 0 fully saturated rings. The molecule has 0 saturated carbocycles. The normalized spacial score (nSPS) is 10.4. The van der Waals surface area contributed by atoms with Crippen molar-refractivity contribution in [3.05, 3.63) is 72.0 Å². The summed E-state index contributed by atoms with van der Waals surface area (Å²) in [5.74, 6) is 0.756. The van der Waals surface area contributed by atoms with Crippen molar-refractivity contribution in [3.8, 4) is 11.5 Å². The van der Waals surface area contributed by atoms with Gasteiger partial charge in [-0.05, 0) is 48.5 Å². The first-order chi connectivity index (χ1) is 14.6. The molecule has 9 heteroatoms. The molecule has 0 spiro atoms. The van der Waals surface area contributed by atoms with Crippen LogP contribution in [-0.2, 0) is 0 Å². The molecule has 8 nitrogen and oxygen atoms in total. The highest BCUT2D eigenvalue weighted by molar-refractivity contribution is 7.16. The third-order valence-electron chi connectivity index (χ3n) is 4.13. The molecule has 0 atom stereocenters. The van der Waals surface area contributed by atoms with Crippen molar-refractivity contribution in [2.45, 2.75) is 0 Å². The molecular formula is C21H17N5O3S. The number of pyridine rings is 1. The average Bonchev–Trinajstić information content (AvgIpc) is 3.22. The Morgan fingerprint density at radius 2 is 1.67 bits per heavy atom. The number of urea groups is 1. The Balaban J connectivity index is 1.37. The van der Waals surface area contributed by atoms with Crippen LogP contribution in [0.1, 0.15) is 10.5 Å². The molecule has 0 bridgehead atoms. The minimum Gasteiger partial charge on any atom is -0.457 e. The molecule has 4 aromatic rings. The molecule has 0 radical (unpaired) electrons. The molecule has 4 rings (SSSR count). The summed E-state index contributed by atoms with van der Waals surface area (Å²) < 4.78 is 6.75. The molecule has 0 aliphatic heterocycles. The third kappa shape index (κ3) is 4.53.